The molecule has 1 heterocycles. The normalized spacial score (nSPS) is 9.20. The molecule has 0 aromatic carbocycles. The predicted octanol–water partition coefficient (Wildman–Crippen LogP) is 1.28. The van der Waals surface area contributed by atoms with Crippen LogP contribution in [0.3, 0.4) is 0 Å². The van der Waals surface area contributed by atoms with E-state index >= 15 is 0 Å². The molecular weight excluding hydrogens is 126 g/mol. The van der Waals surface area contributed by atoms with Crippen LogP contribution in [0.4, 0.5) is 5.82 Å². The number of hydrogen-bond acceptors (Lipinski definition) is 2. The summed E-state index contributed by atoms with van der Waals surface area (Å²) in [5.74, 6) is 0.463. The van der Waals surface area contributed by atoms with Gasteiger partial charge >= 0.3 is 0 Å². The Hall–Kier alpha value is -1.51. The minimum absolute atomic E-state index is 0.463. The van der Waals surface area contributed by atoms with Gasteiger partial charge in [-0.25, -0.2) is 0 Å². The predicted molar refractivity (Wildman–Crippen MR) is 43.2 cm³/mol. The summed E-state index contributed by atoms with van der Waals surface area (Å²) in [5.41, 5.74) is 7.09. The number of nitrogens with one attached hydrogen (secondary N) is 1. The molecule has 0 unspecified atom stereocenters. The van der Waals surface area contributed by atoms with Crippen molar-refractivity contribution in [2.24, 2.45) is 0 Å². The van der Waals surface area contributed by atoms with Crippen molar-refractivity contribution in [2.75, 3.05) is 5.73 Å². The van der Waals surface area contributed by atoms with E-state index < -0.39 is 0 Å². The van der Waals surface area contributed by atoms with Crippen LogP contribution in [0.2, 0.25) is 0 Å². The van der Waals surface area contributed by atoms with E-state index in [2.05, 4.69) is 23.4 Å². The van der Waals surface area contributed by atoms with Crippen molar-refractivity contribution in [1.82, 2.24) is 10.2 Å². The topological polar surface area (TPSA) is 54.7 Å². The maximum absolute atomic E-state index is 5.47. The first-order valence-electron chi connectivity index (χ1n) is 2.88. The molecule has 3 N–H and O–H groups in total. The fraction of sp³-hybridized carbons (Fsp3) is 0. The monoisotopic (exact) mass is 135 g/mol. The van der Waals surface area contributed by atoms with Gasteiger partial charge in [-0.1, -0.05) is 19.2 Å². The number of H-pyrrole nitrogens is 1. The van der Waals surface area contributed by atoms with Crippen molar-refractivity contribution in [1.29, 1.82) is 0 Å². The van der Waals surface area contributed by atoms with Gasteiger partial charge in [0.1, 0.15) is 0 Å². The minimum Gasteiger partial charge on any atom is -0.382 e. The van der Waals surface area contributed by atoms with E-state index in [0.29, 0.717) is 5.82 Å². The van der Waals surface area contributed by atoms with Gasteiger partial charge in [-0.15, -0.1) is 0 Å². The lowest BCUT2D eigenvalue weighted by Gasteiger charge is -1.87. The fourth-order valence-electron chi connectivity index (χ4n) is 0.749. The molecule has 0 fully saturated rings. The Morgan fingerprint density at radius 2 is 2.10 bits per heavy atom. The number of rotatable bonds is 2. The second-order valence-electron chi connectivity index (χ2n) is 1.84. The van der Waals surface area contributed by atoms with Gasteiger partial charge in [-0.05, 0) is 6.08 Å². The van der Waals surface area contributed by atoms with Gasteiger partial charge in [0.2, 0.25) is 0 Å². The summed E-state index contributed by atoms with van der Waals surface area (Å²) < 4.78 is 0. The second-order valence-corrected chi connectivity index (χ2v) is 1.84. The van der Waals surface area contributed by atoms with Crippen molar-refractivity contribution in [3.05, 3.63) is 24.4 Å². The summed E-state index contributed by atoms with van der Waals surface area (Å²) in [6, 6.07) is 0. The van der Waals surface area contributed by atoms with E-state index in [1.165, 1.54) is 0 Å². The van der Waals surface area contributed by atoms with Crippen LogP contribution < -0.4 is 5.73 Å². The van der Waals surface area contributed by atoms with Gasteiger partial charge < -0.3 is 5.73 Å². The third kappa shape index (κ3) is 0.815. The SMILES string of the molecule is C=Cc1[nH]nc(N)c1C=C. The molecule has 0 radical (unpaired) electrons. The fourth-order valence-corrected chi connectivity index (χ4v) is 0.749. The molecule has 1 aromatic heterocycles. The highest BCUT2D eigenvalue weighted by molar-refractivity contribution is 5.68. The second kappa shape index (κ2) is 2.39. The maximum Gasteiger partial charge on any atom is 0.153 e. The highest BCUT2D eigenvalue weighted by Crippen LogP contribution is 2.14. The summed E-state index contributed by atoms with van der Waals surface area (Å²) in [6.45, 7) is 7.16. The molecule has 10 heavy (non-hydrogen) atoms. The summed E-state index contributed by atoms with van der Waals surface area (Å²) in [4.78, 5) is 0. The molecule has 0 spiro atoms. The molecule has 0 atom stereocenters. The Morgan fingerprint density at radius 1 is 1.40 bits per heavy atom. The largest absolute Gasteiger partial charge is 0.382 e. The molecule has 0 aliphatic heterocycles. The van der Waals surface area contributed by atoms with Crippen LogP contribution in [-0.2, 0) is 0 Å². The number of hydrogen-bond donors (Lipinski definition) is 2. The van der Waals surface area contributed by atoms with E-state index in [-0.39, 0.29) is 0 Å². The number of nitrogens with zero attached hydrogens (tertiary/aromatic N) is 1. The highest BCUT2D eigenvalue weighted by atomic mass is 15.2. The van der Waals surface area contributed by atoms with Crippen LogP contribution in [0.1, 0.15) is 11.3 Å². The standard InChI is InChI=1S/C7H9N3/c1-3-5-6(4-2)9-10-7(5)8/h3-4H,1-2H2,(H3,8,9,10). The Morgan fingerprint density at radius 3 is 2.50 bits per heavy atom. The van der Waals surface area contributed by atoms with Crippen LogP contribution in [-0.4, -0.2) is 10.2 Å². The van der Waals surface area contributed by atoms with E-state index in [1.807, 2.05) is 0 Å². The van der Waals surface area contributed by atoms with Crippen LogP contribution in [0.25, 0.3) is 12.2 Å². The Labute approximate surface area is 59.2 Å². The molecule has 0 aliphatic rings. The summed E-state index contributed by atoms with van der Waals surface area (Å²) in [5, 5.41) is 6.48. The molecule has 1 aromatic rings. The first-order chi connectivity index (χ1) is 4.79. The molecule has 52 valence electrons. The van der Waals surface area contributed by atoms with Gasteiger partial charge in [-0.3, -0.25) is 5.10 Å². The number of nitrogen functional groups attached to an aromatic ring is 1. The van der Waals surface area contributed by atoms with Crippen LogP contribution in [0, 0.1) is 0 Å². The Kier molecular flexibility index (Phi) is 1.58. The molecule has 0 amide bonds. The average Bonchev–Trinajstić information content (AvgIpc) is 2.30. The number of aromatic amines is 1. The van der Waals surface area contributed by atoms with Gasteiger partial charge in [-0.2, -0.15) is 5.10 Å². The number of anilines is 1. The molecule has 0 bridgehead atoms. The zero-order valence-corrected chi connectivity index (χ0v) is 5.59. The molecule has 3 nitrogen and oxygen atoms in total. The molecule has 3 heteroatoms. The lowest BCUT2D eigenvalue weighted by molar-refractivity contribution is 1.09. The van der Waals surface area contributed by atoms with Crippen molar-refractivity contribution < 1.29 is 0 Å². The van der Waals surface area contributed by atoms with Crippen molar-refractivity contribution in [2.45, 2.75) is 0 Å². The minimum atomic E-state index is 0.463. The Bertz CT molecular complexity index is 260. The van der Waals surface area contributed by atoms with E-state index in [0.717, 1.165) is 11.3 Å². The lowest BCUT2D eigenvalue weighted by atomic mass is 10.2. The van der Waals surface area contributed by atoms with Crippen molar-refractivity contribution >= 4 is 18.0 Å². The third-order valence-electron chi connectivity index (χ3n) is 1.27. The lowest BCUT2D eigenvalue weighted by Crippen LogP contribution is -1.85. The summed E-state index contributed by atoms with van der Waals surface area (Å²) >= 11 is 0. The zero-order chi connectivity index (χ0) is 7.56. The first kappa shape index (κ1) is 6.61. The van der Waals surface area contributed by atoms with Crippen LogP contribution >= 0.6 is 0 Å². The van der Waals surface area contributed by atoms with Crippen molar-refractivity contribution in [3.63, 3.8) is 0 Å². The summed E-state index contributed by atoms with van der Waals surface area (Å²) in [7, 11) is 0. The van der Waals surface area contributed by atoms with Crippen LogP contribution in [0.5, 0.6) is 0 Å². The van der Waals surface area contributed by atoms with Gasteiger partial charge in [0.25, 0.3) is 0 Å². The maximum atomic E-state index is 5.47. The van der Waals surface area contributed by atoms with Gasteiger partial charge in [0.05, 0.1) is 5.69 Å². The van der Waals surface area contributed by atoms with Gasteiger partial charge in [0, 0.05) is 5.56 Å². The van der Waals surface area contributed by atoms with E-state index in [4.69, 9.17) is 5.73 Å². The first-order valence-corrected chi connectivity index (χ1v) is 2.88. The van der Waals surface area contributed by atoms with Crippen molar-refractivity contribution in [3.8, 4) is 0 Å². The average molecular weight is 135 g/mol. The quantitative estimate of drug-likeness (QED) is 0.641. The molecule has 1 rings (SSSR count). The van der Waals surface area contributed by atoms with Crippen LogP contribution in [0.15, 0.2) is 13.2 Å². The number of aromatic nitrogens is 2. The summed E-state index contributed by atoms with van der Waals surface area (Å²) in [6.07, 6.45) is 3.30. The number of nitrogens with two attached hydrogens (primary N) is 1. The Balaban J connectivity index is 3.25. The highest BCUT2D eigenvalue weighted by Gasteiger charge is 2.01. The van der Waals surface area contributed by atoms with E-state index in [9.17, 15) is 0 Å². The molecule has 0 saturated carbocycles. The molecule has 0 saturated heterocycles. The molecule has 0 aliphatic carbocycles. The zero-order valence-electron chi connectivity index (χ0n) is 5.59. The smallest absolute Gasteiger partial charge is 0.153 e. The third-order valence-corrected chi connectivity index (χ3v) is 1.27. The van der Waals surface area contributed by atoms with E-state index in [1.54, 1.807) is 12.2 Å². The van der Waals surface area contributed by atoms with Gasteiger partial charge in [0.15, 0.2) is 5.82 Å². The molecular formula is C7H9N3.